The van der Waals surface area contributed by atoms with Gasteiger partial charge in [-0.3, -0.25) is 4.79 Å². The minimum Gasteiger partial charge on any atom is -0.480 e. The van der Waals surface area contributed by atoms with Gasteiger partial charge >= 0.3 is 5.97 Å². The molecule has 17 heavy (non-hydrogen) atoms. The van der Waals surface area contributed by atoms with Crippen LogP contribution in [-0.4, -0.2) is 43.6 Å². The number of carbonyl (C=O) groups is 1. The van der Waals surface area contributed by atoms with Crippen molar-refractivity contribution in [3.05, 3.63) is 12.7 Å². The lowest BCUT2D eigenvalue weighted by Gasteiger charge is -2.25. The molecule has 0 aliphatic heterocycles. The fraction of sp³-hybridized carbons (Fsp3) is 0.400. The summed E-state index contributed by atoms with van der Waals surface area (Å²) in [5, 5.41) is 8.91. The molecule has 2 aromatic rings. The van der Waals surface area contributed by atoms with E-state index >= 15 is 0 Å². The highest BCUT2D eigenvalue weighted by molar-refractivity contribution is 5.85. The Kier molecular flexibility index (Phi) is 2.90. The lowest BCUT2D eigenvalue weighted by Crippen LogP contribution is -2.36. The lowest BCUT2D eigenvalue weighted by atomic mass is 10.3. The Morgan fingerprint density at radius 1 is 1.47 bits per heavy atom. The third-order valence-electron chi connectivity index (χ3n) is 2.40. The summed E-state index contributed by atoms with van der Waals surface area (Å²) < 4.78 is 0. The molecule has 0 fully saturated rings. The maximum atomic E-state index is 10.9. The van der Waals surface area contributed by atoms with E-state index in [1.54, 1.807) is 4.90 Å². The molecule has 7 heteroatoms. The molecule has 0 atom stereocenters. The van der Waals surface area contributed by atoms with Gasteiger partial charge in [0.05, 0.1) is 6.33 Å². The summed E-state index contributed by atoms with van der Waals surface area (Å²) in [6.45, 7) is 3.71. The highest BCUT2D eigenvalue weighted by Gasteiger charge is 2.19. The Morgan fingerprint density at radius 3 is 2.88 bits per heavy atom. The second kappa shape index (κ2) is 4.36. The van der Waals surface area contributed by atoms with Crippen molar-refractivity contribution in [2.75, 3.05) is 11.4 Å². The van der Waals surface area contributed by atoms with Crippen LogP contribution < -0.4 is 4.90 Å². The van der Waals surface area contributed by atoms with Crippen LogP contribution in [0.25, 0.3) is 11.2 Å². The van der Waals surface area contributed by atoms with E-state index in [0.29, 0.717) is 17.0 Å². The highest BCUT2D eigenvalue weighted by Crippen LogP contribution is 2.21. The quantitative estimate of drug-likeness (QED) is 0.808. The van der Waals surface area contributed by atoms with Crippen LogP contribution in [-0.2, 0) is 4.79 Å². The molecule has 0 saturated heterocycles. The second-order valence-electron chi connectivity index (χ2n) is 3.91. The average molecular weight is 235 g/mol. The molecular weight excluding hydrogens is 222 g/mol. The van der Waals surface area contributed by atoms with Crippen molar-refractivity contribution in [3.8, 4) is 0 Å². The number of aromatic amines is 1. The minimum absolute atomic E-state index is 0.0208. The number of hydrogen-bond acceptors (Lipinski definition) is 5. The molecule has 2 aromatic heterocycles. The molecular formula is C10H13N5O2. The van der Waals surface area contributed by atoms with Crippen molar-refractivity contribution in [1.29, 1.82) is 0 Å². The maximum Gasteiger partial charge on any atom is 0.323 e. The fourth-order valence-electron chi connectivity index (χ4n) is 1.62. The largest absolute Gasteiger partial charge is 0.480 e. The molecule has 0 aliphatic rings. The highest BCUT2D eigenvalue weighted by atomic mass is 16.4. The van der Waals surface area contributed by atoms with E-state index in [4.69, 9.17) is 5.11 Å². The van der Waals surface area contributed by atoms with Crippen LogP contribution in [0.15, 0.2) is 12.7 Å². The van der Waals surface area contributed by atoms with Crippen molar-refractivity contribution >= 4 is 23.0 Å². The Morgan fingerprint density at radius 2 is 2.24 bits per heavy atom. The Hall–Kier alpha value is -2.18. The summed E-state index contributed by atoms with van der Waals surface area (Å²) in [4.78, 5) is 27.6. The number of imidazole rings is 1. The van der Waals surface area contributed by atoms with Gasteiger partial charge < -0.3 is 15.0 Å². The topological polar surface area (TPSA) is 95.0 Å². The number of hydrogen-bond donors (Lipinski definition) is 2. The number of aliphatic carboxylic acids is 1. The second-order valence-corrected chi connectivity index (χ2v) is 3.91. The van der Waals surface area contributed by atoms with Gasteiger partial charge in [-0.05, 0) is 13.8 Å². The normalized spacial score (nSPS) is 11.0. The van der Waals surface area contributed by atoms with Crippen molar-refractivity contribution in [2.45, 2.75) is 19.9 Å². The van der Waals surface area contributed by atoms with Crippen molar-refractivity contribution in [3.63, 3.8) is 0 Å². The summed E-state index contributed by atoms with van der Waals surface area (Å²) >= 11 is 0. The number of carboxylic acid groups (broad SMARTS) is 1. The van der Waals surface area contributed by atoms with Crippen LogP contribution in [0.1, 0.15) is 13.8 Å². The number of H-pyrrole nitrogens is 1. The van der Waals surface area contributed by atoms with Crippen LogP contribution in [0, 0.1) is 0 Å². The van der Waals surface area contributed by atoms with Crippen LogP contribution in [0.5, 0.6) is 0 Å². The van der Waals surface area contributed by atoms with Crippen LogP contribution in [0.2, 0.25) is 0 Å². The molecule has 2 heterocycles. The summed E-state index contributed by atoms with van der Waals surface area (Å²) in [6, 6.07) is 0.0208. The lowest BCUT2D eigenvalue weighted by molar-refractivity contribution is -0.135. The fourth-order valence-corrected chi connectivity index (χ4v) is 1.62. The number of aromatic nitrogens is 4. The molecule has 0 unspecified atom stereocenters. The van der Waals surface area contributed by atoms with Gasteiger partial charge in [0.1, 0.15) is 18.4 Å². The van der Waals surface area contributed by atoms with Crippen LogP contribution in [0.3, 0.4) is 0 Å². The molecule has 0 aliphatic carbocycles. The van der Waals surface area contributed by atoms with Crippen molar-refractivity contribution < 1.29 is 9.90 Å². The molecule has 7 nitrogen and oxygen atoms in total. The molecule has 0 aromatic carbocycles. The number of nitrogens with zero attached hydrogens (tertiary/aromatic N) is 4. The van der Waals surface area contributed by atoms with Gasteiger partial charge in [0.2, 0.25) is 0 Å². The van der Waals surface area contributed by atoms with Crippen molar-refractivity contribution in [1.82, 2.24) is 19.9 Å². The molecule has 2 rings (SSSR count). The van der Waals surface area contributed by atoms with Crippen LogP contribution >= 0.6 is 0 Å². The van der Waals surface area contributed by atoms with Gasteiger partial charge in [-0.2, -0.15) is 0 Å². The standard InChI is InChI=1S/C10H13N5O2/c1-6(2)15(3-7(16)17)10-8-9(12-4-11-8)13-5-14-10/h4-6H,3H2,1-2H3,(H,16,17)(H,11,12,13,14). The zero-order valence-electron chi connectivity index (χ0n) is 9.58. The van der Waals surface area contributed by atoms with Gasteiger partial charge in [-0.1, -0.05) is 0 Å². The molecule has 0 radical (unpaired) electrons. The van der Waals surface area contributed by atoms with Crippen LogP contribution in [0.4, 0.5) is 5.82 Å². The number of rotatable bonds is 4. The van der Waals surface area contributed by atoms with Gasteiger partial charge in [0.25, 0.3) is 0 Å². The SMILES string of the molecule is CC(C)N(CC(=O)O)c1ncnc2nc[nH]c12. The minimum atomic E-state index is -0.898. The van der Waals surface area contributed by atoms with Gasteiger partial charge in [0.15, 0.2) is 11.5 Å². The third-order valence-corrected chi connectivity index (χ3v) is 2.40. The predicted octanol–water partition coefficient (Wildman–Crippen LogP) is 0.652. The monoisotopic (exact) mass is 235 g/mol. The molecule has 0 saturated carbocycles. The first kappa shape index (κ1) is 11.3. The first-order valence-corrected chi connectivity index (χ1v) is 5.22. The predicted molar refractivity (Wildman–Crippen MR) is 61.8 cm³/mol. The number of anilines is 1. The zero-order chi connectivity index (χ0) is 12.4. The maximum absolute atomic E-state index is 10.9. The van der Waals surface area contributed by atoms with E-state index in [1.807, 2.05) is 13.8 Å². The van der Waals surface area contributed by atoms with Gasteiger partial charge in [-0.25, -0.2) is 15.0 Å². The Bertz CT molecular complexity index is 536. The van der Waals surface area contributed by atoms with E-state index in [2.05, 4.69) is 19.9 Å². The van der Waals surface area contributed by atoms with Gasteiger partial charge in [0, 0.05) is 6.04 Å². The average Bonchev–Trinajstić information content (AvgIpc) is 2.73. The summed E-state index contributed by atoms with van der Waals surface area (Å²) in [6.07, 6.45) is 2.90. The van der Waals surface area contributed by atoms with E-state index in [9.17, 15) is 4.79 Å². The Labute approximate surface area is 97.5 Å². The smallest absolute Gasteiger partial charge is 0.323 e. The van der Waals surface area contributed by atoms with Gasteiger partial charge in [-0.15, -0.1) is 0 Å². The van der Waals surface area contributed by atoms with E-state index in [1.165, 1.54) is 12.7 Å². The molecule has 90 valence electrons. The first-order chi connectivity index (χ1) is 8.09. The van der Waals surface area contributed by atoms with E-state index in [0.717, 1.165) is 0 Å². The summed E-state index contributed by atoms with van der Waals surface area (Å²) in [7, 11) is 0. The van der Waals surface area contributed by atoms with Crippen molar-refractivity contribution in [2.24, 2.45) is 0 Å². The number of carboxylic acids is 1. The third kappa shape index (κ3) is 2.17. The molecule has 0 amide bonds. The summed E-state index contributed by atoms with van der Waals surface area (Å²) in [5.41, 5.74) is 1.19. The number of nitrogens with one attached hydrogen (secondary N) is 1. The Balaban J connectivity index is 2.48. The summed E-state index contributed by atoms with van der Waals surface area (Å²) in [5.74, 6) is -0.338. The molecule has 2 N–H and O–H groups in total. The number of fused-ring (bicyclic) bond motifs is 1. The molecule has 0 spiro atoms. The van der Waals surface area contributed by atoms with E-state index in [-0.39, 0.29) is 12.6 Å². The zero-order valence-corrected chi connectivity index (χ0v) is 9.58. The van der Waals surface area contributed by atoms with E-state index < -0.39 is 5.97 Å². The molecule has 0 bridgehead atoms. The first-order valence-electron chi connectivity index (χ1n) is 5.22.